The fraction of sp³-hybridized carbons (Fsp3) is 0.625. The van der Waals surface area contributed by atoms with Gasteiger partial charge >= 0.3 is 0 Å². The Hall–Kier alpha value is -2.41. The largest absolute Gasteiger partial charge is 0.355 e. The molecular weight excluding hydrogens is 392 g/mol. The van der Waals surface area contributed by atoms with Crippen molar-refractivity contribution in [3.63, 3.8) is 0 Å². The number of amides is 3. The van der Waals surface area contributed by atoms with Crippen LogP contribution in [0.4, 0.5) is 5.69 Å². The van der Waals surface area contributed by atoms with Gasteiger partial charge in [0.05, 0.1) is 13.0 Å². The normalized spacial score (nSPS) is 23.2. The zero-order valence-electron chi connectivity index (χ0n) is 18.4. The number of benzene rings is 1. The van der Waals surface area contributed by atoms with Gasteiger partial charge in [0.25, 0.3) is 5.91 Å². The maximum absolute atomic E-state index is 12.8. The van der Waals surface area contributed by atoms with Gasteiger partial charge in [-0.2, -0.15) is 0 Å². The predicted molar refractivity (Wildman–Crippen MR) is 118 cm³/mol. The molecule has 1 N–H and O–H groups in total. The SMILES string of the molecule is CNC(=O)c1ccc2c(c1)CC(=O)N2C1CCN(CC(=O)N2CCC3(CC2)CC3)CC1. The van der Waals surface area contributed by atoms with Crippen molar-refractivity contribution < 1.29 is 14.4 Å². The van der Waals surface area contributed by atoms with E-state index >= 15 is 0 Å². The van der Waals surface area contributed by atoms with E-state index < -0.39 is 0 Å². The van der Waals surface area contributed by atoms with Gasteiger partial charge < -0.3 is 15.1 Å². The number of hydrogen-bond acceptors (Lipinski definition) is 4. The number of likely N-dealkylation sites (tertiary alicyclic amines) is 2. The first kappa shape index (κ1) is 20.5. The number of nitrogens with zero attached hydrogens (tertiary/aromatic N) is 3. The molecule has 3 aliphatic heterocycles. The molecule has 166 valence electrons. The molecule has 31 heavy (non-hydrogen) atoms. The Morgan fingerprint density at radius 3 is 2.42 bits per heavy atom. The summed E-state index contributed by atoms with van der Waals surface area (Å²) in [7, 11) is 1.61. The highest BCUT2D eigenvalue weighted by molar-refractivity contribution is 6.03. The van der Waals surface area contributed by atoms with Crippen LogP contribution in [0.25, 0.3) is 0 Å². The molecule has 3 heterocycles. The molecular formula is C24H32N4O3. The second-order valence-electron chi connectivity index (χ2n) is 9.75. The van der Waals surface area contributed by atoms with E-state index in [4.69, 9.17) is 0 Å². The Labute approximate surface area is 183 Å². The second-order valence-corrected chi connectivity index (χ2v) is 9.75. The van der Waals surface area contributed by atoms with Gasteiger partial charge in [0.2, 0.25) is 11.8 Å². The lowest BCUT2D eigenvalue weighted by Gasteiger charge is -2.38. The summed E-state index contributed by atoms with van der Waals surface area (Å²) in [5.74, 6) is 0.242. The third-order valence-electron chi connectivity index (χ3n) is 7.85. The molecule has 0 atom stereocenters. The molecule has 1 aromatic rings. The molecule has 0 aromatic heterocycles. The van der Waals surface area contributed by atoms with Gasteiger partial charge in [0, 0.05) is 50.5 Å². The van der Waals surface area contributed by atoms with Crippen molar-refractivity contribution >= 4 is 23.4 Å². The molecule has 0 unspecified atom stereocenters. The molecule has 1 aromatic carbocycles. The van der Waals surface area contributed by atoms with Gasteiger partial charge in [-0.15, -0.1) is 0 Å². The topological polar surface area (TPSA) is 73.0 Å². The van der Waals surface area contributed by atoms with E-state index in [2.05, 4.69) is 15.1 Å². The first-order valence-corrected chi connectivity index (χ1v) is 11.7. The maximum Gasteiger partial charge on any atom is 0.251 e. The van der Waals surface area contributed by atoms with Crippen LogP contribution in [0.1, 0.15) is 54.4 Å². The van der Waals surface area contributed by atoms with E-state index in [9.17, 15) is 14.4 Å². The lowest BCUT2D eigenvalue weighted by molar-refractivity contribution is -0.134. The van der Waals surface area contributed by atoms with E-state index in [1.54, 1.807) is 13.1 Å². The molecule has 7 nitrogen and oxygen atoms in total. The zero-order chi connectivity index (χ0) is 21.6. The van der Waals surface area contributed by atoms with Gasteiger partial charge in [-0.3, -0.25) is 19.3 Å². The zero-order valence-corrected chi connectivity index (χ0v) is 18.4. The van der Waals surface area contributed by atoms with Gasteiger partial charge in [0.1, 0.15) is 0 Å². The molecule has 3 fully saturated rings. The number of hydrogen-bond donors (Lipinski definition) is 1. The van der Waals surface area contributed by atoms with Crippen LogP contribution in [0.5, 0.6) is 0 Å². The first-order valence-electron chi connectivity index (χ1n) is 11.7. The molecule has 5 rings (SSSR count). The molecule has 3 amide bonds. The number of anilines is 1. The standard InChI is InChI=1S/C24H32N4O3/c1-25-23(31)17-2-3-20-18(14-17)15-21(29)28(20)19-4-10-26(11-5-19)16-22(30)27-12-8-24(6-7-24)9-13-27/h2-3,14,19H,4-13,15-16H2,1H3,(H,25,31). The molecule has 2 saturated heterocycles. The van der Waals surface area contributed by atoms with Gasteiger partial charge in [0.15, 0.2) is 0 Å². The minimum absolute atomic E-state index is 0.112. The van der Waals surface area contributed by atoms with Crippen LogP contribution < -0.4 is 10.2 Å². The van der Waals surface area contributed by atoms with Crippen LogP contribution in [0.3, 0.4) is 0 Å². The lowest BCUT2D eigenvalue weighted by Crippen LogP contribution is -2.50. The molecule has 7 heteroatoms. The highest BCUT2D eigenvalue weighted by atomic mass is 16.2. The van der Waals surface area contributed by atoms with Crippen LogP contribution in [0, 0.1) is 5.41 Å². The Bertz CT molecular complexity index is 892. The van der Waals surface area contributed by atoms with E-state index in [1.807, 2.05) is 17.0 Å². The van der Waals surface area contributed by atoms with Gasteiger partial charge in [-0.25, -0.2) is 0 Å². The van der Waals surface area contributed by atoms with Gasteiger partial charge in [-0.05, 0) is 67.7 Å². The Kier molecular flexibility index (Phi) is 5.24. The molecule has 4 aliphatic rings. The Balaban J connectivity index is 1.16. The van der Waals surface area contributed by atoms with Crippen molar-refractivity contribution in [2.24, 2.45) is 5.41 Å². The minimum Gasteiger partial charge on any atom is -0.355 e. The fourth-order valence-electron chi connectivity index (χ4n) is 5.56. The number of carbonyl (C=O) groups is 3. The average Bonchev–Trinajstić information content (AvgIpc) is 3.45. The summed E-state index contributed by atoms with van der Waals surface area (Å²) in [5.41, 5.74) is 3.06. The highest BCUT2D eigenvalue weighted by Crippen LogP contribution is 2.53. The Morgan fingerprint density at radius 2 is 1.77 bits per heavy atom. The Morgan fingerprint density at radius 1 is 1.06 bits per heavy atom. The van der Waals surface area contributed by atoms with E-state index in [0.717, 1.165) is 50.3 Å². The number of nitrogens with one attached hydrogen (secondary N) is 1. The average molecular weight is 425 g/mol. The summed E-state index contributed by atoms with van der Waals surface area (Å²) in [6, 6.07) is 5.70. The quantitative estimate of drug-likeness (QED) is 0.800. The summed E-state index contributed by atoms with van der Waals surface area (Å²) < 4.78 is 0. The number of rotatable bonds is 4. The number of fused-ring (bicyclic) bond motifs is 1. The van der Waals surface area contributed by atoms with Gasteiger partial charge in [-0.1, -0.05) is 0 Å². The van der Waals surface area contributed by atoms with Crippen LogP contribution in [0.15, 0.2) is 18.2 Å². The van der Waals surface area contributed by atoms with Crippen molar-refractivity contribution in [3.05, 3.63) is 29.3 Å². The van der Waals surface area contributed by atoms with Crippen LogP contribution in [-0.2, 0) is 16.0 Å². The van der Waals surface area contributed by atoms with E-state index in [1.165, 1.54) is 25.7 Å². The fourth-order valence-corrected chi connectivity index (χ4v) is 5.56. The van der Waals surface area contributed by atoms with E-state index in [0.29, 0.717) is 23.9 Å². The smallest absolute Gasteiger partial charge is 0.251 e. The minimum atomic E-state index is -0.132. The van der Waals surface area contributed by atoms with Crippen molar-refractivity contribution in [2.75, 3.05) is 44.7 Å². The summed E-state index contributed by atoms with van der Waals surface area (Å²) in [6.45, 7) is 4.02. The molecule has 1 aliphatic carbocycles. The third-order valence-corrected chi connectivity index (χ3v) is 7.85. The molecule has 0 radical (unpaired) electrons. The second kappa shape index (κ2) is 7.93. The predicted octanol–water partition coefficient (Wildman–Crippen LogP) is 1.80. The number of carbonyl (C=O) groups excluding carboxylic acids is 3. The number of piperidine rings is 2. The first-order chi connectivity index (χ1) is 15.0. The van der Waals surface area contributed by atoms with Crippen LogP contribution in [0.2, 0.25) is 0 Å². The summed E-state index contributed by atoms with van der Waals surface area (Å²) in [4.78, 5) is 43.6. The monoisotopic (exact) mass is 424 g/mol. The summed E-state index contributed by atoms with van der Waals surface area (Å²) in [6.07, 6.45) is 7.17. The highest BCUT2D eigenvalue weighted by Gasteiger charge is 2.45. The van der Waals surface area contributed by atoms with Crippen molar-refractivity contribution in [1.82, 2.24) is 15.1 Å². The lowest BCUT2D eigenvalue weighted by atomic mass is 9.93. The van der Waals surface area contributed by atoms with Crippen LogP contribution in [-0.4, -0.2) is 73.3 Å². The molecule has 1 spiro atoms. The van der Waals surface area contributed by atoms with Crippen molar-refractivity contribution in [1.29, 1.82) is 0 Å². The van der Waals surface area contributed by atoms with Crippen molar-refractivity contribution in [3.8, 4) is 0 Å². The molecule has 1 saturated carbocycles. The third kappa shape index (κ3) is 3.95. The van der Waals surface area contributed by atoms with Crippen molar-refractivity contribution in [2.45, 2.75) is 51.0 Å². The van der Waals surface area contributed by atoms with Crippen LogP contribution >= 0.6 is 0 Å². The summed E-state index contributed by atoms with van der Waals surface area (Å²) >= 11 is 0. The van der Waals surface area contributed by atoms with E-state index in [-0.39, 0.29) is 23.8 Å². The molecule has 0 bridgehead atoms. The summed E-state index contributed by atoms with van der Waals surface area (Å²) in [5, 5.41) is 2.64. The maximum atomic E-state index is 12.8.